The average molecular weight is 217 g/mol. The molecule has 0 saturated heterocycles. The third-order valence-corrected chi connectivity index (χ3v) is 2.36. The molecule has 1 aromatic carbocycles. The first kappa shape index (κ1) is 12.5. The van der Waals surface area contributed by atoms with Gasteiger partial charge in [-0.15, -0.1) is 0 Å². The molecule has 16 heavy (non-hydrogen) atoms. The van der Waals surface area contributed by atoms with Crippen LogP contribution in [-0.4, -0.2) is 12.5 Å². The van der Waals surface area contributed by atoms with Crippen molar-refractivity contribution in [2.75, 3.05) is 6.54 Å². The maximum atomic E-state index is 11.6. The molecule has 1 aromatic rings. The Morgan fingerprint density at radius 2 is 2.00 bits per heavy atom. The first-order valence-corrected chi connectivity index (χ1v) is 5.75. The van der Waals surface area contributed by atoms with Crippen LogP contribution < -0.4 is 5.32 Å². The smallest absolute Gasteiger partial charge is 0.246 e. The van der Waals surface area contributed by atoms with Crippen molar-refractivity contribution < 1.29 is 4.79 Å². The first-order chi connectivity index (χ1) is 7.74. The van der Waals surface area contributed by atoms with Crippen molar-refractivity contribution in [2.24, 2.45) is 0 Å². The molecule has 0 spiro atoms. The second-order valence-corrected chi connectivity index (χ2v) is 3.85. The molecular formula is C14H19NO. The van der Waals surface area contributed by atoms with E-state index < -0.39 is 0 Å². The van der Waals surface area contributed by atoms with Gasteiger partial charge < -0.3 is 5.32 Å². The second-order valence-electron chi connectivity index (χ2n) is 3.85. The van der Waals surface area contributed by atoms with Gasteiger partial charge >= 0.3 is 0 Å². The van der Waals surface area contributed by atoms with Crippen molar-refractivity contribution in [3.63, 3.8) is 0 Å². The minimum absolute atomic E-state index is 0.0253. The summed E-state index contributed by atoms with van der Waals surface area (Å²) < 4.78 is 0. The van der Waals surface area contributed by atoms with Crippen molar-refractivity contribution in [3.05, 3.63) is 41.5 Å². The summed E-state index contributed by atoms with van der Waals surface area (Å²) in [5.41, 5.74) is 1.81. The Hall–Kier alpha value is -1.57. The van der Waals surface area contributed by atoms with Crippen molar-refractivity contribution in [2.45, 2.75) is 26.7 Å². The highest BCUT2D eigenvalue weighted by Gasteiger charge is 2.02. The van der Waals surface area contributed by atoms with Crippen LogP contribution in [-0.2, 0) is 4.79 Å². The standard InChI is InChI=1S/C14H19NO/c1-3-4-10-15-14(16)12(2)11-13-8-6-5-7-9-13/h5-9,11H,3-4,10H2,1-2H3,(H,15,16)/b12-11+. The molecule has 0 bridgehead atoms. The first-order valence-electron chi connectivity index (χ1n) is 5.75. The number of benzene rings is 1. The number of hydrogen-bond donors (Lipinski definition) is 1. The van der Waals surface area contributed by atoms with Gasteiger partial charge in [0.15, 0.2) is 0 Å². The molecule has 0 unspecified atom stereocenters. The van der Waals surface area contributed by atoms with Crippen molar-refractivity contribution in [3.8, 4) is 0 Å². The zero-order chi connectivity index (χ0) is 11.8. The van der Waals surface area contributed by atoms with E-state index in [1.165, 1.54) is 0 Å². The van der Waals surface area contributed by atoms with Crippen LogP contribution in [0.5, 0.6) is 0 Å². The Kier molecular flexibility index (Phi) is 5.34. The molecule has 0 aliphatic rings. The summed E-state index contributed by atoms with van der Waals surface area (Å²) >= 11 is 0. The van der Waals surface area contributed by atoms with Crippen LogP contribution in [0.1, 0.15) is 32.3 Å². The lowest BCUT2D eigenvalue weighted by Crippen LogP contribution is -2.24. The molecule has 1 N–H and O–H groups in total. The lowest BCUT2D eigenvalue weighted by atomic mass is 10.1. The van der Waals surface area contributed by atoms with Crippen LogP contribution in [0.25, 0.3) is 6.08 Å². The van der Waals surface area contributed by atoms with Crippen LogP contribution in [0.3, 0.4) is 0 Å². The lowest BCUT2D eigenvalue weighted by molar-refractivity contribution is -0.117. The molecule has 0 aliphatic heterocycles. The van der Waals surface area contributed by atoms with E-state index in [1.807, 2.05) is 43.3 Å². The summed E-state index contributed by atoms with van der Waals surface area (Å²) in [5, 5.41) is 2.90. The molecule has 0 atom stereocenters. The van der Waals surface area contributed by atoms with Gasteiger partial charge in [0.2, 0.25) is 5.91 Å². The second kappa shape index (κ2) is 6.83. The number of unbranched alkanes of at least 4 members (excludes halogenated alkanes) is 1. The van der Waals surface area contributed by atoms with Crippen LogP contribution >= 0.6 is 0 Å². The summed E-state index contributed by atoms with van der Waals surface area (Å²) in [6, 6.07) is 9.88. The molecule has 2 heteroatoms. The molecule has 0 saturated carbocycles. The minimum Gasteiger partial charge on any atom is -0.352 e. The quantitative estimate of drug-likeness (QED) is 0.596. The summed E-state index contributed by atoms with van der Waals surface area (Å²) in [7, 11) is 0. The van der Waals surface area contributed by atoms with Gasteiger partial charge in [0, 0.05) is 12.1 Å². The number of amides is 1. The molecule has 0 heterocycles. The number of rotatable bonds is 5. The third-order valence-electron chi connectivity index (χ3n) is 2.36. The van der Waals surface area contributed by atoms with E-state index in [0.717, 1.165) is 30.5 Å². The Labute approximate surface area is 97.4 Å². The topological polar surface area (TPSA) is 29.1 Å². The number of carbonyl (C=O) groups excluding carboxylic acids is 1. The molecular weight excluding hydrogens is 198 g/mol. The van der Waals surface area contributed by atoms with Gasteiger partial charge in [-0.1, -0.05) is 43.7 Å². The van der Waals surface area contributed by atoms with E-state index in [4.69, 9.17) is 0 Å². The Morgan fingerprint density at radius 3 is 2.62 bits per heavy atom. The molecule has 0 fully saturated rings. The monoisotopic (exact) mass is 217 g/mol. The van der Waals surface area contributed by atoms with Gasteiger partial charge in [0.25, 0.3) is 0 Å². The van der Waals surface area contributed by atoms with Crippen molar-refractivity contribution >= 4 is 12.0 Å². The Balaban J connectivity index is 2.53. The highest BCUT2D eigenvalue weighted by Crippen LogP contribution is 2.05. The van der Waals surface area contributed by atoms with E-state index in [2.05, 4.69) is 12.2 Å². The van der Waals surface area contributed by atoms with Gasteiger partial charge in [-0.05, 0) is 25.0 Å². The number of nitrogens with one attached hydrogen (secondary N) is 1. The van der Waals surface area contributed by atoms with Crippen LogP contribution in [0.4, 0.5) is 0 Å². The summed E-state index contributed by atoms with van der Waals surface area (Å²) in [5.74, 6) is 0.0253. The van der Waals surface area contributed by atoms with Crippen molar-refractivity contribution in [1.82, 2.24) is 5.32 Å². The van der Waals surface area contributed by atoms with Gasteiger partial charge in [-0.2, -0.15) is 0 Å². The predicted molar refractivity (Wildman–Crippen MR) is 68.0 cm³/mol. The average Bonchev–Trinajstić information content (AvgIpc) is 2.30. The summed E-state index contributed by atoms with van der Waals surface area (Å²) in [6.45, 7) is 4.71. The molecule has 2 nitrogen and oxygen atoms in total. The minimum atomic E-state index is 0.0253. The van der Waals surface area contributed by atoms with Crippen molar-refractivity contribution in [1.29, 1.82) is 0 Å². The normalized spacial score (nSPS) is 11.2. The van der Waals surface area contributed by atoms with Gasteiger partial charge in [0.05, 0.1) is 0 Å². The fourth-order valence-corrected chi connectivity index (χ4v) is 1.38. The SMILES string of the molecule is CCCCNC(=O)/C(C)=C/c1ccccc1. The summed E-state index contributed by atoms with van der Waals surface area (Å²) in [6.07, 6.45) is 4.04. The third kappa shape index (κ3) is 4.30. The Morgan fingerprint density at radius 1 is 1.31 bits per heavy atom. The number of carbonyl (C=O) groups is 1. The highest BCUT2D eigenvalue weighted by molar-refractivity contribution is 5.97. The van der Waals surface area contributed by atoms with E-state index in [0.29, 0.717) is 0 Å². The zero-order valence-corrected chi connectivity index (χ0v) is 9.99. The van der Waals surface area contributed by atoms with Crippen LogP contribution in [0, 0.1) is 0 Å². The van der Waals surface area contributed by atoms with E-state index in [9.17, 15) is 4.79 Å². The van der Waals surface area contributed by atoms with Gasteiger partial charge in [0.1, 0.15) is 0 Å². The largest absolute Gasteiger partial charge is 0.352 e. The fourth-order valence-electron chi connectivity index (χ4n) is 1.38. The van der Waals surface area contributed by atoms with Gasteiger partial charge in [-0.3, -0.25) is 4.79 Å². The van der Waals surface area contributed by atoms with Crippen LogP contribution in [0.15, 0.2) is 35.9 Å². The molecule has 1 amide bonds. The molecule has 0 radical (unpaired) electrons. The predicted octanol–water partition coefficient (Wildman–Crippen LogP) is 3.01. The number of hydrogen-bond acceptors (Lipinski definition) is 1. The fraction of sp³-hybridized carbons (Fsp3) is 0.357. The molecule has 0 aliphatic carbocycles. The lowest BCUT2D eigenvalue weighted by Gasteiger charge is -2.04. The maximum absolute atomic E-state index is 11.6. The van der Waals surface area contributed by atoms with Crippen LogP contribution in [0.2, 0.25) is 0 Å². The van der Waals surface area contributed by atoms with E-state index >= 15 is 0 Å². The van der Waals surface area contributed by atoms with Gasteiger partial charge in [-0.25, -0.2) is 0 Å². The molecule has 1 rings (SSSR count). The Bertz CT molecular complexity index is 354. The highest BCUT2D eigenvalue weighted by atomic mass is 16.1. The van der Waals surface area contributed by atoms with E-state index in [1.54, 1.807) is 0 Å². The zero-order valence-electron chi connectivity index (χ0n) is 9.99. The summed E-state index contributed by atoms with van der Waals surface area (Å²) in [4.78, 5) is 11.6. The molecule has 0 aromatic heterocycles. The maximum Gasteiger partial charge on any atom is 0.246 e. The van der Waals surface area contributed by atoms with E-state index in [-0.39, 0.29) is 5.91 Å². The molecule has 86 valence electrons.